The lowest BCUT2D eigenvalue weighted by atomic mass is 10.1. The third-order valence-corrected chi connectivity index (χ3v) is 3.69. The number of carbonyl (C=O) groups is 1. The third kappa shape index (κ3) is 3.54. The van der Waals surface area contributed by atoms with Gasteiger partial charge >= 0.3 is 0 Å². The van der Waals surface area contributed by atoms with E-state index < -0.39 is 4.92 Å². The van der Waals surface area contributed by atoms with Gasteiger partial charge in [-0.05, 0) is 19.1 Å². The number of amides is 1. The number of hydrogen-bond acceptors (Lipinski definition) is 6. The fourth-order valence-electron chi connectivity index (χ4n) is 1.78. The number of nitrogens with zero attached hydrogens (tertiary/aromatic N) is 2. The van der Waals surface area contributed by atoms with Gasteiger partial charge in [-0.1, -0.05) is 0 Å². The van der Waals surface area contributed by atoms with Gasteiger partial charge in [0.1, 0.15) is 10.7 Å². The first-order chi connectivity index (χ1) is 10.0. The zero-order valence-corrected chi connectivity index (χ0v) is 12.4. The number of anilines is 1. The summed E-state index contributed by atoms with van der Waals surface area (Å²) in [6, 6.07) is 4.22. The van der Waals surface area contributed by atoms with Crippen molar-refractivity contribution in [2.75, 3.05) is 12.4 Å². The number of nitro benzene ring substituents is 1. The molecule has 7 nitrogen and oxygen atoms in total. The Morgan fingerprint density at radius 1 is 1.48 bits per heavy atom. The molecule has 0 aliphatic rings. The van der Waals surface area contributed by atoms with Gasteiger partial charge < -0.3 is 10.6 Å². The minimum atomic E-state index is -0.483. The Bertz CT molecular complexity index is 684. The maximum Gasteiger partial charge on any atom is 0.292 e. The first-order valence-electron chi connectivity index (χ1n) is 6.17. The molecule has 0 aliphatic heterocycles. The lowest BCUT2D eigenvalue weighted by Crippen LogP contribution is -2.18. The third-order valence-electron chi connectivity index (χ3n) is 2.78. The molecule has 0 fully saturated rings. The summed E-state index contributed by atoms with van der Waals surface area (Å²) in [5.74, 6) is -0.293. The summed E-state index contributed by atoms with van der Waals surface area (Å²) in [7, 11) is 1.51. The number of thiazole rings is 1. The van der Waals surface area contributed by atoms with E-state index in [1.165, 1.54) is 36.6 Å². The molecule has 1 amide bonds. The minimum Gasteiger partial charge on any atom is -0.373 e. The van der Waals surface area contributed by atoms with Gasteiger partial charge in [-0.15, -0.1) is 11.3 Å². The molecule has 1 aromatic carbocycles. The molecule has 1 heterocycles. The van der Waals surface area contributed by atoms with Crippen molar-refractivity contribution in [1.29, 1.82) is 0 Å². The summed E-state index contributed by atoms with van der Waals surface area (Å²) in [4.78, 5) is 27.4. The zero-order valence-electron chi connectivity index (χ0n) is 11.5. The molecule has 0 aliphatic carbocycles. The van der Waals surface area contributed by atoms with Crippen LogP contribution in [0.15, 0.2) is 24.4 Å². The maximum absolute atomic E-state index is 11.6. The quantitative estimate of drug-likeness (QED) is 0.652. The van der Waals surface area contributed by atoms with Crippen molar-refractivity contribution in [3.05, 3.63) is 50.0 Å². The molecule has 0 bridgehead atoms. The Labute approximate surface area is 125 Å². The number of aryl methyl sites for hydroxylation is 1. The van der Waals surface area contributed by atoms with E-state index in [0.717, 1.165) is 9.88 Å². The van der Waals surface area contributed by atoms with E-state index in [1.54, 1.807) is 6.20 Å². The van der Waals surface area contributed by atoms with Crippen LogP contribution in [0, 0.1) is 17.0 Å². The van der Waals surface area contributed by atoms with Crippen LogP contribution in [-0.2, 0) is 6.54 Å². The van der Waals surface area contributed by atoms with Crippen LogP contribution in [0.2, 0.25) is 0 Å². The van der Waals surface area contributed by atoms with Gasteiger partial charge in [0.15, 0.2) is 0 Å². The van der Waals surface area contributed by atoms with Gasteiger partial charge in [-0.2, -0.15) is 0 Å². The first kappa shape index (κ1) is 14.9. The fourth-order valence-corrected chi connectivity index (χ4v) is 2.50. The van der Waals surface area contributed by atoms with Gasteiger partial charge in [0.05, 0.1) is 11.5 Å². The van der Waals surface area contributed by atoms with Crippen LogP contribution in [0.4, 0.5) is 11.4 Å². The summed E-state index contributed by atoms with van der Waals surface area (Å²) in [6.07, 6.45) is 1.75. The van der Waals surface area contributed by atoms with Gasteiger partial charge in [-0.25, -0.2) is 4.98 Å². The smallest absolute Gasteiger partial charge is 0.292 e. The van der Waals surface area contributed by atoms with Crippen molar-refractivity contribution in [2.45, 2.75) is 13.5 Å². The molecule has 8 heteroatoms. The molecule has 2 aromatic rings. The summed E-state index contributed by atoms with van der Waals surface area (Å²) < 4.78 is 0. The monoisotopic (exact) mass is 306 g/mol. The molecular weight excluding hydrogens is 292 g/mol. The van der Waals surface area contributed by atoms with Crippen molar-refractivity contribution < 1.29 is 9.72 Å². The van der Waals surface area contributed by atoms with Crippen LogP contribution >= 0.6 is 11.3 Å². The lowest BCUT2D eigenvalue weighted by Gasteiger charge is -2.07. The van der Waals surface area contributed by atoms with Crippen molar-refractivity contribution in [1.82, 2.24) is 10.3 Å². The summed E-state index contributed by atoms with van der Waals surface area (Å²) in [6.45, 7) is 2.31. The number of rotatable bonds is 5. The number of aromatic nitrogens is 1. The van der Waals surface area contributed by atoms with E-state index >= 15 is 0 Å². The fraction of sp³-hybridized carbons (Fsp3) is 0.231. The number of hydrogen-bond donors (Lipinski definition) is 2. The van der Waals surface area contributed by atoms with Crippen LogP contribution in [-0.4, -0.2) is 22.9 Å². The number of nitro groups is 1. The minimum absolute atomic E-state index is 0.0732. The van der Waals surface area contributed by atoms with Gasteiger partial charge in [0.25, 0.3) is 11.6 Å². The summed E-state index contributed by atoms with van der Waals surface area (Å²) >= 11 is 1.51. The van der Waals surface area contributed by atoms with Crippen molar-refractivity contribution in [3.8, 4) is 0 Å². The van der Waals surface area contributed by atoms with Crippen molar-refractivity contribution in [2.24, 2.45) is 0 Å². The predicted molar refractivity (Wildman–Crippen MR) is 80.7 cm³/mol. The highest BCUT2D eigenvalue weighted by Crippen LogP contribution is 2.26. The average Bonchev–Trinajstić information content (AvgIpc) is 2.89. The van der Waals surface area contributed by atoms with Crippen LogP contribution in [0.25, 0.3) is 0 Å². The zero-order chi connectivity index (χ0) is 15.4. The first-order valence-corrected chi connectivity index (χ1v) is 6.98. The number of carbonyl (C=O) groups excluding carboxylic acids is 1. The molecule has 0 saturated heterocycles. The highest BCUT2D eigenvalue weighted by atomic mass is 32.1. The molecule has 0 spiro atoms. The largest absolute Gasteiger partial charge is 0.373 e. The van der Waals surface area contributed by atoms with E-state index in [2.05, 4.69) is 15.6 Å². The van der Waals surface area contributed by atoms with Crippen LogP contribution in [0.3, 0.4) is 0 Å². The van der Waals surface area contributed by atoms with Crippen LogP contribution < -0.4 is 10.6 Å². The highest BCUT2D eigenvalue weighted by molar-refractivity contribution is 7.11. The Kier molecular flexibility index (Phi) is 4.49. The molecule has 0 atom stereocenters. The van der Waals surface area contributed by atoms with E-state index in [-0.39, 0.29) is 11.6 Å². The molecule has 2 rings (SSSR count). The Morgan fingerprint density at radius 2 is 2.24 bits per heavy atom. The normalized spacial score (nSPS) is 10.2. The molecule has 2 N–H and O–H groups in total. The Morgan fingerprint density at radius 3 is 2.81 bits per heavy atom. The number of benzene rings is 1. The number of nitrogens with one attached hydrogen (secondary N) is 2. The topological polar surface area (TPSA) is 97.2 Å². The SMILES string of the molecule is CNC(=O)c1ccc([N+](=O)[O-])c(NCc2ncc(C)s2)c1. The Balaban J connectivity index is 2.25. The summed E-state index contributed by atoms with van der Waals surface area (Å²) in [5, 5.41) is 17.3. The second-order valence-electron chi connectivity index (χ2n) is 4.29. The van der Waals surface area contributed by atoms with E-state index in [1.807, 2.05) is 6.92 Å². The predicted octanol–water partition coefficient (Wildman–Crippen LogP) is 2.33. The average molecular weight is 306 g/mol. The highest BCUT2D eigenvalue weighted by Gasteiger charge is 2.16. The van der Waals surface area contributed by atoms with E-state index in [9.17, 15) is 14.9 Å². The van der Waals surface area contributed by atoms with Crippen molar-refractivity contribution in [3.63, 3.8) is 0 Å². The maximum atomic E-state index is 11.6. The molecule has 0 unspecified atom stereocenters. The van der Waals surface area contributed by atoms with Gasteiger partial charge in [0.2, 0.25) is 0 Å². The van der Waals surface area contributed by atoms with E-state index in [4.69, 9.17) is 0 Å². The van der Waals surface area contributed by atoms with Crippen LogP contribution in [0.1, 0.15) is 20.2 Å². The molecule has 1 aromatic heterocycles. The van der Waals surface area contributed by atoms with Gasteiger partial charge in [0, 0.05) is 29.8 Å². The molecule has 21 heavy (non-hydrogen) atoms. The summed E-state index contributed by atoms with van der Waals surface area (Å²) in [5.41, 5.74) is 0.589. The Hall–Kier alpha value is -2.48. The van der Waals surface area contributed by atoms with E-state index in [0.29, 0.717) is 17.8 Å². The second kappa shape index (κ2) is 6.31. The standard InChI is InChI=1S/C13H14N4O3S/c1-8-6-16-12(21-8)7-15-10-5-9(13(18)14-2)3-4-11(10)17(19)20/h3-6,15H,7H2,1-2H3,(H,14,18). The second-order valence-corrected chi connectivity index (χ2v) is 5.61. The molecule has 0 radical (unpaired) electrons. The van der Waals surface area contributed by atoms with Crippen molar-refractivity contribution >= 4 is 28.6 Å². The van der Waals surface area contributed by atoms with Crippen LogP contribution in [0.5, 0.6) is 0 Å². The van der Waals surface area contributed by atoms with Gasteiger partial charge in [-0.3, -0.25) is 14.9 Å². The molecular formula is C13H14N4O3S. The molecule has 110 valence electrons. The molecule has 0 saturated carbocycles. The lowest BCUT2D eigenvalue weighted by molar-refractivity contribution is -0.384.